The number of hydrogen-bond acceptors (Lipinski definition) is 4. The highest BCUT2D eigenvalue weighted by molar-refractivity contribution is 5.87. The zero-order chi connectivity index (χ0) is 13.1. The van der Waals surface area contributed by atoms with E-state index in [0.717, 1.165) is 0 Å². The van der Waals surface area contributed by atoms with Gasteiger partial charge in [-0.1, -0.05) is 0 Å². The SMILES string of the molecule is Cc1cc(=O)c(C(=O)O)cn1CC1COCCO1. The van der Waals surface area contributed by atoms with Crippen LogP contribution in [-0.2, 0) is 16.0 Å². The first-order valence-corrected chi connectivity index (χ1v) is 5.71. The molecule has 1 aliphatic heterocycles. The highest BCUT2D eigenvalue weighted by atomic mass is 16.6. The molecule has 1 aromatic heterocycles. The minimum absolute atomic E-state index is 0.110. The monoisotopic (exact) mass is 253 g/mol. The number of aromatic carboxylic acids is 1. The van der Waals surface area contributed by atoms with Crippen LogP contribution in [0, 0.1) is 6.92 Å². The number of ether oxygens (including phenoxy) is 2. The Hall–Kier alpha value is -1.66. The summed E-state index contributed by atoms with van der Waals surface area (Å²) >= 11 is 0. The quantitative estimate of drug-likeness (QED) is 0.836. The maximum absolute atomic E-state index is 11.5. The summed E-state index contributed by atoms with van der Waals surface area (Å²) < 4.78 is 12.5. The Morgan fingerprint density at radius 1 is 1.56 bits per heavy atom. The average molecular weight is 253 g/mol. The summed E-state index contributed by atoms with van der Waals surface area (Å²) in [6.45, 7) is 3.84. The van der Waals surface area contributed by atoms with Gasteiger partial charge in [-0.25, -0.2) is 4.79 Å². The number of carbonyl (C=O) groups is 1. The lowest BCUT2D eigenvalue weighted by atomic mass is 10.2. The van der Waals surface area contributed by atoms with Crippen molar-refractivity contribution in [1.82, 2.24) is 4.57 Å². The Kier molecular flexibility index (Phi) is 3.78. The van der Waals surface area contributed by atoms with Crippen LogP contribution in [0.3, 0.4) is 0 Å². The molecule has 1 saturated heterocycles. The highest BCUT2D eigenvalue weighted by Crippen LogP contribution is 2.07. The molecule has 0 saturated carbocycles. The summed E-state index contributed by atoms with van der Waals surface area (Å²) in [6.07, 6.45) is 1.25. The van der Waals surface area contributed by atoms with Gasteiger partial charge in [0.25, 0.3) is 0 Å². The van der Waals surface area contributed by atoms with Crippen molar-refractivity contribution < 1.29 is 19.4 Å². The molecule has 1 aromatic rings. The van der Waals surface area contributed by atoms with E-state index in [-0.39, 0.29) is 11.7 Å². The number of carboxylic acids is 1. The van der Waals surface area contributed by atoms with Crippen molar-refractivity contribution >= 4 is 5.97 Å². The van der Waals surface area contributed by atoms with Crippen LogP contribution < -0.4 is 5.43 Å². The molecule has 1 unspecified atom stereocenters. The molecule has 2 heterocycles. The summed E-state index contributed by atoms with van der Waals surface area (Å²) in [5.74, 6) is -1.21. The number of hydrogen-bond donors (Lipinski definition) is 1. The maximum atomic E-state index is 11.5. The van der Waals surface area contributed by atoms with Crippen LogP contribution in [0.5, 0.6) is 0 Å². The second-order valence-electron chi connectivity index (χ2n) is 4.22. The number of aromatic nitrogens is 1. The fourth-order valence-corrected chi connectivity index (χ4v) is 1.89. The molecule has 6 nitrogen and oxygen atoms in total. The molecule has 0 spiro atoms. The maximum Gasteiger partial charge on any atom is 0.341 e. The van der Waals surface area contributed by atoms with E-state index in [1.54, 1.807) is 11.5 Å². The summed E-state index contributed by atoms with van der Waals surface area (Å²) in [6, 6.07) is 1.33. The van der Waals surface area contributed by atoms with Crippen LogP contribution in [0.4, 0.5) is 0 Å². The molecular formula is C12H15NO5. The summed E-state index contributed by atoms with van der Waals surface area (Å²) in [5, 5.41) is 8.92. The minimum Gasteiger partial charge on any atom is -0.477 e. The zero-order valence-corrected chi connectivity index (χ0v) is 10.1. The Morgan fingerprint density at radius 2 is 2.33 bits per heavy atom. The number of rotatable bonds is 3. The molecule has 2 rings (SSSR count). The number of pyridine rings is 1. The molecule has 0 aromatic carbocycles. The molecule has 0 bridgehead atoms. The van der Waals surface area contributed by atoms with Gasteiger partial charge in [-0.3, -0.25) is 4.79 Å². The lowest BCUT2D eigenvalue weighted by Gasteiger charge is -2.24. The Balaban J connectivity index is 2.23. The number of nitrogens with zero attached hydrogens (tertiary/aromatic N) is 1. The van der Waals surface area contributed by atoms with Crippen LogP contribution in [0.25, 0.3) is 0 Å². The number of aryl methyl sites for hydroxylation is 1. The predicted octanol–water partition coefficient (Wildman–Crippen LogP) is 0.270. The average Bonchev–Trinajstić information content (AvgIpc) is 2.33. The highest BCUT2D eigenvalue weighted by Gasteiger charge is 2.17. The van der Waals surface area contributed by atoms with Gasteiger partial charge < -0.3 is 19.1 Å². The lowest BCUT2D eigenvalue weighted by molar-refractivity contribution is -0.0938. The van der Waals surface area contributed by atoms with E-state index < -0.39 is 11.4 Å². The van der Waals surface area contributed by atoms with E-state index in [1.165, 1.54) is 12.3 Å². The predicted molar refractivity (Wildman–Crippen MR) is 63.0 cm³/mol. The van der Waals surface area contributed by atoms with Gasteiger partial charge in [0.15, 0.2) is 5.43 Å². The summed E-state index contributed by atoms with van der Waals surface area (Å²) in [7, 11) is 0. The van der Waals surface area contributed by atoms with Gasteiger partial charge in [-0.2, -0.15) is 0 Å². The molecule has 0 aliphatic carbocycles. The van der Waals surface area contributed by atoms with Crippen molar-refractivity contribution in [1.29, 1.82) is 0 Å². The third kappa shape index (κ3) is 2.77. The molecule has 1 N–H and O–H groups in total. The van der Waals surface area contributed by atoms with Crippen LogP contribution in [0.15, 0.2) is 17.1 Å². The molecule has 98 valence electrons. The van der Waals surface area contributed by atoms with Crippen molar-refractivity contribution in [2.75, 3.05) is 19.8 Å². The largest absolute Gasteiger partial charge is 0.477 e. The van der Waals surface area contributed by atoms with Gasteiger partial charge in [0.1, 0.15) is 5.56 Å². The van der Waals surface area contributed by atoms with Crippen molar-refractivity contribution in [2.24, 2.45) is 0 Å². The first kappa shape index (κ1) is 12.8. The summed E-state index contributed by atoms with van der Waals surface area (Å²) in [4.78, 5) is 22.4. The van der Waals surface area contributed by atoms with Crippen LogP contribution in [-0.4, -0.2) is 41.6 Å². The fourth-order valence-electron chi connectivity index (χ4n) is 1.89. The third-order valence-electron chi connectivity index (χ3n) is 2.86. The van der Waals surface area contributed by atoms with Crippen molar-refractivity contribution in [3.05, 3.63) is 33.7 Å². The molecule has 6 heteroatoms. The minimum atomic E-state index is -1.21. The first-order valence-electron chi connectivity index (χ1n) is 5.71. The molecule has 1 aliphatic rings. The van der Waals surface area contributed by atoms with Gasteiger partial charge >= 0.3 is 5.97 Å². The fraction of sp³-hybridized carbons (Fsp3) is 0.500. The smallest absolute Gasteiger partial charge is 0.341 e. The van der Waals surface area contributed by atoms with E-state index in [9.17, 15) is 9.59 Å². The van der Waals surface area contributed by atoms with Crippen molar-refractivity contribution in [3.8, 4) is 0 Å². The molecule has 0 radical (unpaired) electrons. The summed E-state index contributed by atoms with van der Waals surface area (Å²) in [5.41, 5.74) is 0.00793. The van der Waals surface area contributed by atoms with Gasteiger partial charge in [0.05, 0.1) is 32.5 Å². The van der Waals surface area contributed by atoms with Crippen LogP contribution in [0.1, 0.15) is 16.1 Å². The second-order valence-corrected chi connectivity index (χ2v) is 4.22. The van der Waals surface area contributed by atoms with E-state index in [1.807, 2.05) is 0 Å². The van der Waals surface area contributed by atoms with Crippen LogP contribution in [0.2, 0.25) is 0 Å². The first-order chi connectivity index (χ1) is 8.58. The molecule has 1 fully saturated rings. The Morgan fingerprint density at radius 3 is 2.94 bits per heavy atom. The molecule has 1 atom stereocenters. The Labute approximate surface area is 104 Å². The normalized spacial score (nSPS) is 19.7. The van der Waals surface area contributed by atoms with Gasteiger partial charge in [0.2, 0.25) is 0 Å². The molecule has 0 amide bonds. The van der Waals surface area contributed by atoms with E-state index >= 15 is 0 Å². The number of carboxylic acid groups (broad SMARTS) is 1. The van der Waals surface area contributed by atoms with E-state index in [0.29, 0.717) is 32.1 Å². The van der Waals surface area contributed by atoms with Gasteiger partial charge in [-0.15, -0.1) is 0 Å². The molecule has 18 heavy (non-hydrogen) atoms. The topological polar surface area (TPSA) is 77.8 Å². The van der Waals surface area contributed by atoms with E-state index in [2.05, 4.69) is 0 Å². The van der Waals surface area contributed by atoms with Crippen LogP contribution >= 0.6 is 0 Å². The molecular weight excluding hydrogens is 238 g/mol. The Bertz CT molecular complexity index is 502. The second kappa shape index (κ2) is 5.32. The third-order valence-corrected chi connectivity index (χ3v) is 2.86. The standard InChI is InChI=1S/C12H15NO5/c1-8-4-11(14)10(12(15)16)6-13(8)5-9-7-17-2-3-18-9/h4,6,9H,2-3,5,7H2,1H3,(H,15,16). The van der Waals surface area contributed by atoms with E-state index in [4.69, 9.17) is 14.6 Å². The van der Waals surface area contributed by atoms with Crippen molar-refractivity contribution in [2.45, 2.75) is 19.6 Å². The zero-order valence-electron chi connectivity index (χ0n) is 10.1. The lowest BCUT2D eigenvalue weighted by Crippen LogP contribution is -2.33. The van der Waals surface area contributed by atoms with Gasteiger partial charge in [0, 0.05) is 18.0 Å². The van der Waals surface area contributed by atoms with Gasteiger partial charge in [-0.05, 0) is 6.92 Å². The van der Waals surface area contributed by atoms with Crippen molar-refractivity contribution in [3.63, 3.8) is 0 Å².